The molecule has 1 aromatic carbocycles. The Kier molecular flexibility index (Phi) is 2.33. The van der Waals surface area contributed by atoms with E-state index < -0.39 is 0 Å². The van der Waals surface area contributed by atoms with Crippen LogP contribution in [0.5, 0.6) is 0 Å². The maximum absolute atomic E-state index is 5.43. The van der Waals surface area contributed by atoms with Crippen LogP contribution in [0.4, 0.5) is 5.69 Å². The zero-order valence-electron chi connectivity index (χ0n) is 8.12. The van der Waals surface area contributed by atoms with Crippen molar-refractivity contribution in [3.05, 3.63) is 36.0 Å². The van der Waals surface area contributed by atoms with E-state index in [1.807, 2.05) is 12.1 Å². The first-order valence-electron chi connectivity index (χ1n) is 4.69. The molecule has 0 aliphatic rings. The van der Waals surface area contributed by atoms with Crippen LogP contribution in [-0.2, 0) is 6.42 Å². The molecule has 1 heterocycles. The van der Waals surface area contributed by atoms with Crippen molar-refractivity contribution in [2.45, 2.75) is 13.3 Å². The molecule has 14 heavy (non-hydrogen) atoms. The molecule has 3 N–H and O–H groups in total. The summed E-state index contributed by atoms with van der Waals surface area (Å²) < 4.78 is 0. The van der Waals surface area contributed by atoms with Gasteiger partial charge in [0.2, 0.25) is 0 Å². The molecule has 0 spiro atoms. The van der Waals surface area contributed by atoms with Gasteiger partial charge in [0.05, 0.1) is 11.2 Å². The van der Waals surface area contributed by atoms with Crippen LogP contribution in [-0.4, -0.2) is 4.98 Å². The van der Waals surface area contributed by atoms with Gasteiger partial charge in [-0.3, -0.25) is 10.8 Å². The summed E-state index contributed by atoms with van der Waals surface area (Å²) in [5.41, 5.74) is 5.87. The minimum absolute atomic E-state index is 0.922. The highest BCUT2D eigenvalue weighted by atomic mass is 15.2. The number of nitrogens with one attached hydrogen (secondary N) is 1. The molecular formula is C11H13N3. The van der Waals surface area contributed by atoms with Crippen molar-refractivity contribution in [3.63, 3.8) is 0 Å². The maximum atomic E-state index is 5.43. The predicted octanol–water partition coefficient (Wildman–Crippen LogP) is 2.08. The van der Waals surface area contributed by atoms with E-state index in [0.717, 1.165) is 23.0 Å². The molecule has 0 atom stereocenters. The van der Waals surface area contributed by atoms with E-state index in [0.29, 0.717) is 0 Å². The zero-order valence-corrected chi connectivity index (χ0v) is 8.12. The number of nitrogens with two attached hydrogens (primary N) is 1. The van der Waals surface area contributed by atoms with E-state index in [4.69, 9.17) is 5.84 Å². The number of hydrazine groups is 1. The van der Waals surface area contributed by atoms with Crippen molar-refractivity contribution in [2.24, 2.45) is 5.84 Å². The van der Waals surface area contributed by atoms with E-state index in [9.17, 15) is 0 Å². The number of hydrogen-bond acceptors (Lipinski definition) is 3. The summed E-state index contributed by atoms with van der Waals surface area (Å²) in [5, 5.41) is 1.08. The number of pyridine rings is 1. The van der Waals surface area contributed by atoms with Crippen LogP contribution in [0, 0.1) is 0 Å². The highest BCUT2D eigenvalue weighted by Gasteiger charge is 2.00. The molecule has 2 rings (SSSR count). The third-order valence-electron chi connectivity index (χ3n) is 2.37. The van der Waals surface area contributed by atoms with Crippen LogP contribution in [0.3, 0.4) is 0 Å². The average Bonchev–Trinajstić information content (AvgIpc) is 2.27. The van der Waals surface area contributed by atoms with Crippen LogP contribution in [0.2, 0.25) is 0 Å². The highest BCUT2D eigenvalue weighted by molar-refractivity contribution is 5.91. The molecule has 0 saturated carbocycles. The topological polar surface area (TPSA) is 50.9 Å². The molecule has 2 aromatic rings. The lowest BCUT2D eigenvalue weighted by atomic mass is 10.1. The van der Waals surface area contributed by atoms with Gasteiger partial charge in [-0.15, -0.1) is 0 Å². The van der Waals surface area contributed by atoms with E-state index in [2.05, 4.69) is 29.5 Å². The van der Waals surface area contributed by atoms with Crippen molar-refractivity contribution in [1.29, 1.82) is 0 Å². The summed E-state index contributed by atoms with van der Waals surface area (Å²) in [6, 6.07) is 8.12. The number of anilines is 1. The first-order valence-corrected chi connectivity index (χ1v) is 4.69. The monoisotopic (exact) mass is 187 g/mol. The fraction of sp³-hybridized carbons (Fsp3) is 0.182. The number of nitrogens with zero attached hydrogens (tertiary/aromatic N) is 1. The fourth-order valence-electron chi connectivity index (χ4n) is 1.54. The molecule has 0 aliphatic heterocycles. The van der Waals surface area contributed by atoms with Gasteiger partial charge in [0.15, 0.2) is 0 Å². The summed E-state index contributed by atoms with van der Waals surface area (Å²) in [4.78, 5) is 4.27. The third kappa shape index (κ3) is 1.42. The number of nitrogen functional groups attached to an aromatic ring is 1. The minimum atomic E-state index is 0.922. The molecule has 0 fully saturated rings. The molecular weight excluding hydrogens is 174 g/mol. The number of aryl methyl sites for hydroxylation is 1. The van der Waals surface area contributed by atoms with Crippen molar-refractivity contribution in [3.8, 4) is 0 Å². The number of aromatic nitrogens is 1. The van der Waals surface area contributed by atoms with Crippen molar-refractivity contribution >= 4 is 16.6 Å². The van der Waals surface area contributed by atoms with Gasteiger partial charge in [-0.05, 0) is 30.2 Å². The summed E-state index contributed by atoms with van der Waals surface area (Å²) in [7, 11) is 0. The van der Waals surface area contributed by atoms with Gasteiger partial charge in [0.1, 0.15) is 0 Å². The van der Waals surface area contributed by atoms with E-state index >= 15 is 0 Å². The Labute approximate surface area is 82.9 Å². The summed E-state index contributed by atoms with van der Waals surface area (Å²) in [6.07, 6.45) is 2.78. The van der Waals surface area contributed by atoms with Gasteiger partial charge in [-0.1, -0.05) is 13.0 Å². The minimum Gasteiger partial charge on any atom is -0.323 e. The summed E-state index contributed by atoms with van der Waals surface area (Å²) in [5.74, 6) is 5.43. The Bertz CT molecular complexity index is 451. The molecule has 0 saturated heterocycles. The smallest absolute Gasteiger partial charge is 0.0723 e. The van der Waals surface area contributed by atoms with Crippen molar-refractivity contribution in [1.82, 2.24) is 4.98 Å². The van der Waals surface area contributed by atoms with Gasteiger partial charge in [-0.2, -0.15) is 0 Å². The van der Waals surface area contributed by atoms with Gasteiger partial charge in [0.25, 0.3) is 0 Å². The fourth-order valence-corrected chi connectivity index (χ4v) is 1.54. The molecule has 3 nitrogen and oxygen atoms in total. The van der Waals surface area contributed by atoms with Crippen LogP contribution in [0.25, 0.3) is 10.9 Å². The second-order valence-electron chi connectivity index (χ2n) is 3.21. The van der Waals surface area contributed by atoms with Crippen LogP contribution in [0.1, 0.15) is 12.5 Å². The Hall–Kier alpha value is -1.61. The third-order valence-corrected chi connectivity index (χ3v) is 2.37. The van der Waals surface area contributed by atoms with Crippen LogP contribution < -0.4 is 11.3 Å². The van der Waals surface area contributed by atoms with E-state index in [-0.39, 0.29) is 0 Å². The largest absolute Gasteiger partial charge is 0.323 e. The normalized spacial score (nSPS) is 10.4. The molecule has 0 bridgehead atoms. The lowest BCUT2D eigenvalue weighted by Crippen LogP contribution is -2.07. The molecule has 72 valence electrons. The van der Waals surface area contributed by atoms with Crippen LogP contribution >= 0.6 is 0 Å². The second-order valence-corrected chi connectivity index (χ2v) is 3.21. The lowest BCUT2D eigenvalue weighted by Gasteiger charge is -2.05. The molecule has 0 radical (unpaired) electrons. The van der Waals surface area contributed by atoms with Crippen molar-refractivity contribution < 1.29 is 0 Å². The first-order chi connectivity index (χ1) is 6.85. The summed E-state index contributed by atoms with van der Waals surface area (Å²) >= 11 is 0. The van der Waals surface area contributed by atoms with Gasteiger partial charge >= 0.3 is 0 Å². The van der Waals surface area contributed by atoms with E-state index in [1.165, 1.54) is 5.56 Å². The van der Waals surface area contributed by atoms with Crippen molar-refractivity contribution in [2.75, 3.05) is 5.43 Å². The molecule has 3 heteroatoms. The molecule has 0 unspecified atom stereocenters. The Morgan fingerprint density at radius 1 is 1.36 bits per heavy atom. The molecule has 0 amide bonds. The second kappa shape index (κ2) is 3.64. The van der Waals surface area contributed by atoms with Gasteiger partial charge < -0.3 is 5.43 Å². The Balaban J connectivity index is 2.70. The zero-order chi connectivity index (χ0) is 9.97. The van der Waals surface area contributed by atoms with Crippen LogP contribution in [0.15, 0.2) is 30.5 Å². The average molecular weight is 187 g/mol. The van der Waals surface area contributed by atoms with Gasteiger partial charge in [-0.25, -0.2) is 0 Å². The standard InChI is InChI=1S/C11H13N3/c1-2-8-3-4-10-9(7-8)11(14-12)5-6-13-10/h3-7H,2,12H2,1H3,(H,13,14). The molecule has 1 aromatic heterocycles. The predicted molar refractivity (Wildman–Crippen MR) is 58.9 cm³/mol. The number of hydrogen-bond donors (Lipinski definition) is 2. The first kappa shape index (κ1) is 8.97. The Morgan fingerprint density at radius 2 is 2.21 bits per heavy atom. The van der Waals surface area contributed by atoms with Gasteiger partial charge in [0, 0.05) is 11.6 Å². The van der Waals surface area contributed by atoms with E-state index in [1.54, 1.807) is 6.20 Å². The summed E-state index contributed by atoms with van der Waals surface area (Å²) in [6.45, 7) is 2.13. The Morgan fingerprint density at radius 3 is 2.93 bits per heavy atom. The SMILES string of the molecule is CCc1ccc2nccc(NN)c2c1. The number of benzene rings is 1. The number of fused-ring (bicyclic) bond motifs is 1. The highest BCUT2D eigenvalue weighted by Crippen LogP contribution is 2.21. The molecule has 0 aliphatic carbocycles. The quantitative estimate of drug-likeness (QED) is 0.559. The lowest BCUT2D eigenvalue weighted by molar-refractivity contribution is 1.14. The number of rotatable bonds is 2. The maximum Gasteiger partial charge on any atom is 0.0723 e.